The van der Waals surface area contributed by atoms with E-state index in [1.165, 1.54) is 0 Å². The molecule has 1 aliphatic heterocycles. The van der Waals surface area contributed by atoms with Crippen molar-refractivity contribution in [3.8, 4) is 11.5 Å². The van der Waals surface area contributed by atoms with Gasteiger partial charge < -0.3 is 14.8 Å². The van der Waals surface area contributed by atoms with Crippen molar-refractivity contribution in [3.63, 3.8) is 0 Å². The Bertz CT molecular complexity index is 435. The van der Waals surface area contributed by atoms with Crippen LogP contribution in [0, 0.1) is 5.41 Å². The lowest BCUT2D eigenvalue weighted by Gasteiger charge is -2.17. The van der Waals surface area contributed by atoms with Crippen LogP contribution in [-0.4, -0.2) is 12.7 Å². The predicted octanol–water partition coefficient (Wildman–Crippen LogP) is 2.08. The number of rotatable bonds is 2. The third kappa shape index (κ3) is 2.70. The third-order valence-electron chi connectivity index (χ3n) is 2.57. The monoisotopic (exact) mass is 235 g/mol. The molecule has 4 nitrogen and oxygen atoms in total. The number of benzene rings is 1. The van der Waals surface area contributed by atoms with Crippen LogP contribution in [0.4, 0.5) is 0 Å². The van der Waals surface area contributed by atoms with Crippen molar-refractivity contribution in [1.82, 2.24) is 5.32 Å². The topological polar surface area (TPSA) is 47.6 Å². The van der Waals surface area contributed by atoms with Crippen LogP contribution in [0.2, 0.25) is 0 Å². The fourth-order valence-electron chi connectivity index (χ4n) is 1.50. The number of fused-ring (bicyclic) bond motifs is 1. The molecule has 92 valence electrons. The fourth-order valence-corrected chi connectivity index (χ4v) is 1.50. The Morgan fingerprint density at radius 3 is 2.71 bits per heavy atom. The first-order valence-corrected chi connectivity index (χ1v) is 5.63. The minimum Gasteiger partial charge on any atom is -0.454 e. The van der Waals surface area contributed by atoms with Crippen LogP contribution in [0.1, 0.15) is 26.3 Å². The summed E-state index contributed by atoms with van der Waals surface area (Å²) >= 11 is 0. The van der Waals surface area contributed by atoms with E-state index < -0.39 is 0 Å². The minimum absolute atomic E-state index is 0.0372. The summed E-state index contributed by atoms with van der Waals surface area (Å²) in [5.41, 5.74) is 0.642. The van der Waals surface area contributed by atoms with Crippen LogP contribution in [0.15, 0.2) is 18.2 Å². The molecule has 4 heteroatoms. The predicted molar refractivity (Wildman–Crippen MR) is 63.9 cm³/mol. The molecule has 0 saturated heterocycles. The van der Waals surface area contributed by atoms with E-state index >= 15 is 0 Å². The number of carbonyl (C=O) groups excluding carboxylic acids is 1. The van der Waals surface area contributed by atoms with Crippen LogP contribution < -0.4 is 14.8 Å². The van der Waals surface area contributed by atoms with Crippen molar-refractivity contribution in [2.75, 3.05) is 6.79 Å². The van der Waals surface area contributed by atoms with Gasteiger partial charge in [0.2, 0.25) is 12.7 Å². The molecule has 2 rings (SSSR count). The van der Waals surface area contributed by atoms with Gasteiger partial charge in [-0.2, -0.15) is 0 Å². The summed E-state index contributed by atoms with van der Waals surface area (Å²) in [5.74, 6) is 1.54. The van der Waals surface area contributed by atoms with Gasteiger partial charge in [-0.15, -0.1) is 0 Å². The molecule has 0 radical (unpaired) electrons. The van der Waals surface area contributed by atoms with Gasteiger partial charge in [0, 0.05) is 12.0 Å². The van der Waals surface area contributed by atoms with Crippen LogP contribution in [-0.2, 0) is 11.3 Å². The van der Waals surface area contributed by atoms with Gasteiger partial charge in [-0.25, -0.2) is 0 Å². The quantitative estimate of drug-likeness (QED) is 0.853. The van der Waals surface area contributed by atoms with E-state index in [2.05, 4.69) is 5.32 Å². The average molecular weight is 235 g/mol. The molecule has 0 bridgehead atoms. The Hall–Kier alpha value is -1.71. The first-order chi connectivity index (χ1) is 7.97. The molecule has 1 aliphatic rings. The first kappa shape index (κ1) is 11.8. The standard InChI is InChI=1S/C13H17NO3/c1-13(2,3)12(15)14-7-9-4-5-10-11(6-9)17-8-16-10/h4-6H,7-8H2,1-3H3,(H,14,15). The molecular weight excluding hydrogens is 218 g/mol. The van der Waals surface area contributed by atoms with Gasteiger partial charge in [0.1, 0.15) is 0 Å². The van der Waals surface area contributed by atoms with Gasteiger partial charge in [-0.05, 0) is 17.7 Å². The Labute approximate surface area is 101 Å². The zero-order valence-corrected chi connectivity index (χ0v) is 10.4. The Morgan fingerprint density at radius 2 is 2.00 bits per heavy atom. The molecule has 1 amide bonds. The lowest BCUT2D eigenvalue weighted by molar-refractivity contribution is -0.128. The second kappa shape index (κ2) is 4.28. The molecule has 1 N–H and O–H groups in total. The SMILES string of the molecule is CC(C)(C)C(=O)NCc1ccc2c(c1)OCO2. The van der Waals surface area contributed by atoms with E-state index in [0.717, 1.165) is 17.1 Å². The van der Waals surface area contributed by atoms with Gasteiger partial charge >= 0.3 is 0 Å². The summed E-state index contributed by atoms with van der Waals surface area (Å²) in [7, 11) is 0. The Morgan fingerprint density at radius 1 is 1.29 bits per heavy atom. The molecule has 1 aromatic rings. The number of amides is 1. The van der Waals surface area contributed by atoms with E-state index in [1.807, 2.05) is 39.0 Å². The zero-order chi connectivity index (χ0) is 12.5. The van der Waals surface area contributed by atoms with E-state index in [9.17, 15) is 4.79 Å². The van der Waals surface area contributed by atoms with Crippen molar-refractivity contribution >= 4 is 5.91 Å². The minimum atomic E-state index is -0.365. The zero-order valence-electron chi connectivity index (χ0n) is 10.4. The molecule has 0 unspecified atom stereocenters. The number of hydrogen-bond acceptors (Lipinski definition) is 3. The van der Waals surface area contributed by atoms with E-state index in [4.69, 9.17) is 9.47 Å². The highest BCUT2D eigenvalue weighted by Crippen LogP contribution is 2.32. The molecule has 0 spiro atoms. The van der Waals surface area contributed by atoms with E-state index in [1.54, 1.807) is 0 Å². The average Bonchev–Trinajstić information content (AvgIpc) is 2.71. The normalized spacial score (nSPS) is 13.6. The molecule has 1 heterocycles. The highest BCUT2D eigenvalue weighted by atomic mass is 16.7. The lowest BCUT2D eigenvalue weighted by atomic mass is 9.95. The maximum atomic E-state index is 11.7. The van der Waals surface area contributed by atoms with Crippen molar-refractivity contribution in [1.29, 1.82) is 0 Å². The molecule has 0 fully saturated rings. The van der Waals surface area contributed by atoms with Crippen molar-refractivity contribution in [2.45, 2.75) is 27.3 Å². The fraction of sp³-hybridized carbons (Fsp3) is 0.462. The lowest BCUT2D eigenvalue weighted by Crippen LogP contribution is -2.34. The van der Waals surface area contributed by atoms with Gasteiger partial charge in [-0.1, -0.05) is 26.8 Å². The maximum Gasteiger partial charge on any atom is 0.231 e. The van der Waals surface area contributed by atoms with Gasteiger partial charge in [0.25, 0.3) is 0 Å². The molecule has 1 aromatic carbocycles. The van der Waals surface area contributed by atoms with Gasteiger partial charge in [0.15, 0.2) is 11.5 Å². The summed E-state index contributed by atoms with van der Waals surface area (Å²) in [6.07, 6.45) is 0. The second-order valence-corrected chi connectivity index (χ2v) is 5.12. The molecular formula is C13H17NO3. The van der Waals surface area contributed by atoms with Crippen molar-refractivity contribution < 1.29 is 14.3 Å². The summed E-state index contributed by atoms with van der Waals surface area (Å²) in [4.78, 5) is 11.7. The van der Waals surface area contributed by atoms with Crippen molar-refractivity contribution in [3.05, 3.63) is 23.8 Å². The molecule has 17 heavy (non-hydrogen) atoms. The first-order valence-electron chi connectivity index (χ1n) is 5.63. The largest absolute Gasteiger partial charge is 0.454 e. The molecule has 0 aliphatic carbocycles. The Kier molecular flexibility index (Phi) is 2.96. The van der Waals surface area contributed by atoms with Crippen molar-refractivity contribution in [2.24, 2.45) is 5.41 Å². The van der Waals surface area contributed by atoms with E-state index in [-0.39, 0.29) is 18.1 Å². The van der Waals surface area contributed by atoms with Crippen LogP contribution >= 0.6 is 0 Å². The van der Waals surface area contributed by atoms with Gasteiger partial charge in [0.05, 0.1) is 0 Å². The highest BCUT2D eigenvalue weighted by Gasteiger charge is 2.21. The smallest absolute Gasteiger partial charge is 0.231 e. The van der Waals surface area contributed by atoms with Crippen LogP contribution in [0.25, 0.3) is 0 Å². The van der Waals surface area contributed by atoms with E-state index in [0.29, 0.717) is 6.54 Å². The molecule has 0 aromatic heterocycles. The number of nitrogens with one attached hydrogen (secondary N) is 1. The Balaban J connectivity index is 1.98. The number of carbonyl (C=O) groups is 1. The number of hydrogen-bond donors (Lipinski definition) is 1. The maximum absolute atomic E-state index is 11.7. The number of ether oxygens (including phenoxy) is 2. The summed E-state index contributed by atoms with van der Waals surface area (Å²) in [6, 6.07) is 5.68. The highest BCUT2D eigenvalue weighted by molar-refractivity contribution is 5.81. The summed E-state index contributed by atoms with van der Waals surface area (Å²) in [6.45, 7) is 6.45. The summed E-state index contributed by atoms with van der Waals surface area (Å²) < 4.78 is 10.5. The van der Waals surface area contributed by atoms with Gasteiger partial charge in [-0.3, -0.25) is 4.79 Å². The molecule has 0 atom stereocenters. The van der Waals surface area contributed by atoms with Crippen LogP contribution in [0.5, 0.6) is 11.5 Å². The molecule has 0 saturated carbocycles. The third-order valence-corrected chi connectivity index (χ3v) is 2.57. The van der Waals surface area contributed by atoms with Crippen LogP contribution in [0.3, 0.4) is 0 Å². The second-order valence-electron chi connectivity index (χ2n) is 5.12. The summed E-state index contributed by atoms with van der Waals surface area (Å²) in [5, 5.41) is 2.89.